The summed E-state index contributed by atoms with van der Waals surface area (Å²) < 4.78 is 0. The maximum Gasteiger partial charge on any atom is 0.134 e. The summed E-state index contributed by atoms with van der Waals surface area (Å²) in [6.45, 7) is 8.67. The first-order valence-electron chi connectivity index (χ1n) is 9.14. The van der Waals surface area contributed by atoms with Crippen molar-refractivity contribution in [2.75, 3.05) is 29.9 Å². The van der Waals surface area contributed by atoms with Crippen LogP contribution in [0.15, 0.2) is 18.5 Å². The minimum Gasteiger partial charge on any atom is -0.396 e. The van der Waals surface area contributed by atoms with Crippen molar-refractivity contribution in [3.8, 4) is 0 Å². The summed E-state index contributed by atoms with van der Waals surface area (Å²) in [6, 6.07) is 4.52. The highest BCUT2D eigenvalue weighted by Gasteiger charge is 2.21. The molecule has 1 aliphatic rings. The van der Waals surface area contributed by atoms with Crippen molar-refractivity contribution in [2.24, 2.45) is 5.92 Å². The highest BCUT2D eigenvalue weighted by Crippen LogP contribution is 2.30. The number of aliphatic hydroxyl groups excluding tert-OH is 1. The molecule has 0 aliphatic carbocycles. The fourth-order valence-corrected chi connectivity index (χ4v) is 4.54. The number of aliphatic hydroxyl groups is 1. The molecule has 0 amide bonds. The lowest BCUT2D eigenvalue weighted by atomic mass is 9.99. The summed E-state index contributed by atoms with van der Waals surface area (Å²) in [4.78, 5) is 13.9. The Morgan fingerprint density at radius 3 is 2.96 bits per heavy atom. The van der Waals surface area contributed by atoms with Crippen LogP contribution < -0.4 is 10.2 Å². The van der Waals surface area contributed by atoms with Gasteiger partial charge in [0, 0.05) is 35.5 Å². The number of piperidine rings is 1. The van der Waals surface area contributed by atoms with E-state index in [0.717, 1.165) is 44.0 Å². The summed E-state index contributed by atoms with van der Waals surface area (Å²) in [5.74, 6) is 2.15. The Balaban J connectivity index is 1.70. The quantitative estimate of drug-likeness (QED) is 0.821. The molecule has 2 atom stereocenters. The largest absolute Gasteiger partial charge is 0.396 e. The van der Waals surface area contributed by atoms with E-state index in [9.17, 15) is 5.11 Å². The topological polar surface area (TPSA) is 61.3 Å². The third-order valence-electron chi connectivity index (χ3n) is 4.91. The Labute approximate surface area is 154 Å². The van der Waals surface area contributed by atoms with Gasteiger partial charge in [-0.3, -0.25) is 0 Å². The zero-order valence-corrected chi connectivity index (χ0v) is 16.1. The SMILES string of the molecule is CCc1sc(C(C)Nc2cc(N3CCCC(CO)C3)ncn2)cc1C. The molecule has 2 aromatic rings. The van der Waals surface area contributed by atoms with Gasteiger partial charge < -0.3 is 15.3 Å². The van der Waals surface area contributed by atoms with Gasteiger partial charge in [-0.1, -0.05) is 6.92 Å². The molecule has 0 spiro atoms. The van der Waals surface area contributed by atoms with Crippen molar-refractivity contribution >= 4 is 23.0 Å². The average Bonchev–Trinajstić information content (AvgIpc) is 3.03. The van der Waals surface area contributed by atoms with Gasteiger partial charge in [-0.15, -0.1) is 11.3 Å². The van der Waals surface area contributed by atoms with E-state index in [-0.39, 0.29) is 12.6 Å². The van der Waals surface area contributed by atoms with E-state index in [1.807, 2.05) is 17.4 Å². The number of aryl methyl sites for hydroxylation is 2. The smallest absolute Gasteiger partial charge is 0.134 e. The first-order valence-corrected chi connectivity index (χ1v) is 9.96. The van der Waals surface area contributed by atoms with Gasteiger partial charge in [-0.05, 0) is 50.7 Å². The molecule has 2 N–H and O–H groups in total. The maximum absolute atomic E-state index is 9.43. The van der Waals surface area contributed by atoms with E-state index in [2.05, 4.69) is 47.0 Å². The molecule has 2 aromatic heterocycles. The van der Waals surface area contributed by atoms with Crippen molar-refractivity contribution < 1.29 is 5.11 Å². The Morgan fingerprint density at radius 2 is 2.24 bits per heavy atom. The molecule has 0 aromatic carbocycles. The number of nitrogens with one attached hydrogen (secondary N) is 1. The number of anilines is 2. The predicted molar refractivity (Wildman–Crippen MR) is 105 cm³/mol. The standard InChI is InChI=1S/C19H28N4OS/c1-4-16-13(2)8-17(25-16)14(3)22-18-9-19(21-12-20-18)23-7-5-6-15(10-23)11-24/h8-9,12,14-15,24H,4-7,10-11H2,1-3H3,(H,20,21,22). The molecule has 136 valence electrons. The number of rotatable bonds is 6. The van der Waals surface area contributed by atoms with Crippen LogP contribution in [0.5, 0.6) is 0 Å². The van der Waals surface area contributed by atoms with Gasteiger partial charge in [0.15, 0.2) is 0 Å². The van der Waals surface area contributed by atoms with Crippen LogP contribution in [0.4, 0.5) is 11.6 Å². The minimum absolute atomic E-state index is 0.221. The van der Waals surface area contributed by atoms with Gasteiger partial charge in [0.2, 0.25) is 0 Å². The lowest BCUT2D eigenvalue weighted by Gasteiger charge is -2.32. The molecule has 2 unspecified atom stereocenters. The highest BCUT2D eigenvalue weighted by molar-refractivity contribution is 7.12. The monoisotopic (exact) mass is 360 g/mol. The number of nitrogens with zero attached hydrogens (tertiary/aromatic N) is 3. The van der Waals surface area contributed by atoms with Gasteiger partial charge in [-0.25, -0.2) is 9.97 Å². The maximum atomic E-state index is 9.43. The van der Waals surface area contributed by atoms with Crippen LogP contribution in [0.2, 0.25) is 0 Å². The normalized spacial score (nSPS) is 19.0. The molecule has 3 rings (SSSR count). The Hall–Kier alpha value is -1.66. The summed E-state index contributed by atoms with van der Waals surface area (Å²) >= 11 is 1.88. The summed E-state index contributed by atoms with van der Waals surface area (Å²) in [6.07, 6.45) is 4.91. The second kappa shape index (κ2) is 8.15. The lowest BCUT2D eigenvalue weighted by Crippen LogP contribution is -2.37. The fraction of sp³-hybridized carbons (Fsp3) is 0.579. The zero-order chi connectivity index (χ0) is 17.8. The molecule has 6 heteroatoms. The first kappa shape index (κ1) is 18.1. The Bertz CT molecular complexity index is 702. The molecule has 1 fully saturated rings. The lowest BCUT2D eigenvalue weighted by molar-refractivity contribution is 0.208. The summed E-state index contributed by atoms with van der Waals surface area (Å²) in [5, 5.41) is 12.9. The number of hydrogen-bond acceptors (Lipinski definition) is 6. The van der Waals surface area contributed by atoms with Crippen LogP contribution >= 0.6 is 11.3 Å². The molecule has 1 saturated heterocycles. The number of aromatic nitrogens is 2. The van der Waals surface area contributed by atoms with Crippen LogP contribution in [-0.4, -0.2) is 34.8 Å². The van der Waals surface area contributed by atoms with E-state index < -0.39 is 0 Å². The third kappa shape index (κ3) is 4.30. The van der Waals surface area contributed by atoms with E-state index in [1.165, 1.54) is 15.3 Å². The average molecular weight is 361 g/mol. The second-order valence-electron chi connectivity index (χ2n) is 6.87. The fourth-order valence-electron chi connectivity index (χ4n) is 3.42. The van der Waals surface area contributed by atoms with Crippen molar-refractivity contribution in [1.29, 1.82) is 0 Å². The van der Waals surface area contributed by atoms with Crippen molar-refractivity contribution in [3.63, 3.8) is 0 Å². The predicted octanol–water partition coefficient (Wildman–Crippen LogP) is 3.79. The molecule has 1 aliphatic heterocycles. The molecule has 0 saturated carbocycles. The van der Waals surface area contributed by atoms with Gasteiger partial charge in [0.05, 0.1) is 6.04 Å². The highest BCUT2D eigenvalue weighted by atomic mass is 32.1. The molecular weight excluding hydrogens is 332 g/mol. The van der Waals surface area contributed by atoms with E-state index in [0.29, 0.717) is 5.92 Å². The van der Waals surface area contributed by atoms with E-state index in [1.54, 1.807) is 6.33 Å². The molecular formula is C19H28N4OS. The minimum atomic E-state index is 0.221. The van der Waals surface area contributed by atoms with Crippen LogP contribution in [0.3, 0.4) is 0 Å². The van der Waals surface area contributed by atoms with E-state index >= 15 is 0 Å². The van der Waals surface area contributed by atoms with Crippen molar-refractivity contribution in [2.45, 2.75) is 46.1 Å². The van der Waals surface area contributed by atoms with Crippen LogP contribution in [-0.2, 0) is 6.42 Å². The van der Waals surface area contributed by atoms with Gasteiger partial charge >= 0.3 is 0 Å². The third-order valence-corrected chi connectivity index (χ3v) is 6.47. The second-order valence-corrected chi connectivity index (χ2v) is 8.04. The summed E-state index contributed by atoms with van der Waals surface area (Å²) in [7, 11) is 0. The van der Waals surface area contributed by atoms with Crippen molar-refractivity contribution in [3.05, 3.63) is 33.8 Å². The zero-order valence-electron chi connectivity index (χ0n) is 15.3. The Morgan fingerprint density at radius 1 is 1.40 bits per heavy atom. The molecule has 25 heavy (non-hydrogen) atoms. The Kier molecular flexibility index (Phi) is 5.91. The number of hydrogen-bond donors (Lipinski definition) is 2. The molecule has 0 bridgehead atoms. The van der Waals surface area contributed by atoms with Crippen molar-refractivity contribution in [1.82, 2.24) is 9.97 Å². The van der Waals surface area contributed by atoms with Gasteiger partial charge in [0.25, 0.3) is 0 Å². The first-order chi connectivity index (χ1) is 12.1. The van der Waals surface area contributed by atoms with Gasteiger partial charge in [0.1, 0.15) is 18.0 Å². The molecule has 3 heterocycles. The van der Waals surface area contributed by atoms with Crippen LogP contribution in [0.1, 0.15) is 48.0 Å². The van der Waals surface area contributed by atoms with Crippen LogP contribution in [0.25, 0.3) is 0 Å². The number of thiophene rings is 1. The van der Waals surface area contributed by atoms with Gasteiger partial charge in [-0.2, -0.15) is 0 Å². The molecule has 5 nitrogen and oxygen atoms in total. The van der Waals surface area contributed by atoms with E-state index in [4.69, 9.17) is 0 Å². The molecule has 0 radical (unpaired) electrons. The van der Waals surface area contributed by atoms with Crippen LogP contribution in [0, 0.1) is 12.8 Å². The summed E-state index contributed by atoms with van der Waals surface area (Å²) in [5.41, 5.74) is 1.38.